The molecule has 1 aromatic carbocycles. The highest BCUT2D eigenvalue weighted by Gasteiger charge is 2.40. The van der Waals surface area contributed by atoms with Gasteiger partial charge in [-0.2, -0.15) is 13.2 Å². The average Bonchev–Trinajstić information content (AvgIpc) is 2.61. The Balaban J connectivity index is 2.59. The van der Waals surface area contributed by atoms with Crippen LogP contribution in [-0.4, -0.2) is 5.16 Å². The van der Waals surface area contributed by atoms with Gasteiger partial charge >= 0.3 is 6.18 Å². The number of nitrogens with zero attached hydrogens (tertiary/aromatic N) is 1. The molecule has 2 N–H and O–H groups in total. The maximum absolute atomic E-state index is 12.6. The van der Waals surface area contributed by atoms with Crippen molar-refractivity contribution in [2.75, 3.05) is 5.73 Å². The van der Waals surface area contributed by atoms with Gasteiger partial charge in [0.25, 0.3) is 0 Å². The van der Waals surface area contributed by atoms with Gasteiger partial charge < -0.3 is 10.3 Å². The number of anilines is 1. The number of rotatable bonds is 1. The van der Waals surface area contributed by atoms with E-state index >= 15 is 0 Å². The molecule has 0 atom stereocenters. The quantitative estimate of drug-likeness (QED) is 0.854. The third kappa shape index (κ3) is 2.21. The van der Waals surface area contributed by atoms with Crippen LogP contribution in [-0.2, 0) is 6.18 Å². The van der Waals surface area contributed by atoms with Crippen molar-refractivity contribution < 1.29 is 17.7 Å². The van der Waals surface area contributed by atoms with E-state index in [2.05, 4.69) is 9.68 Å². The summed E-state index contributed by atoms with van der Waals surface area (Å²) in [6.45, 7) is 0. The van der Waals surface area contributed by atoms with E-state index in [1.54, 1.807) is 0 Å². The molecule has 0 unspecified atom stereocenters. The average molecular weight is 263 g/mol. The molecule has 0 spiro atoms. The van der Waals surface area contributed by atoms with Gasteiger partial charge in [-0.05, 0) is 17.7 Å². The van der Waals surface area contributed by atoms with E-state index in [9.17, 15) is 13.2 Å². The maximum Gasteiger partial charge on any atom is 0.453 e. The van der Waals surface area contributed by atoms with E-state index < -0.39 is 11.9 Å². The number of hydrogen-bond acceptors (Lipinski definition) is 3. The van der Waals surface area contributed by atoms with Gasteiger partial charge in [0.15, 0.2) is 5.82 Å². The molecule has 2 rings (SSSR count). The summed E-state index contributed by atoms with van der Waals surface area (Å²) in [6.07, 6.45) is -4.64. The molecule has 0 bridgehead atoms. The van der Waals surface area contributed by atoms with Gasteiger partial charge in [0.1, 0.15) is 0 Å². The summed E-state index contributed by atoms with van der Waals surface area (Å²) in [6, 6.07) is 5.76. The van der Waals surface area contributed by atoms with Crippen molar-refractivity contribution in [2.24, 2.45) is 0 Å². The van der Waals surface area contributed by atoms with Gasteiger partial charge in [-0.15, -0.1) is 0 Å². The molecule has 0 amide bonds. The highest BCUT2D eigenvalue weighted by molar-refractivity contribution is 6.30. The molecular weight excluding hydrogens is 257 g/mol. The summed E-state index contributed by atoms with van der Waals surface area (Å²) in [5, 5.41) is 3.55. The Kier molecular flexibility index (Phi) is 2.74. The summed E-state index contributed by atoms with van der Waals surface area (Å²) >= 11 is 5.65. The zero-order valence-corrected chi connectivity index (χ0v) is 9.01. The fourth-order valence-corrected chi connectivity index (χ4v) is 1.52. The first-order chi connectivity index (χ1) is 7.89. The third-order valence-corrected chi connectivity index (χ3v) is 2.36. The van der Waals surface area contributed by atoms with Crippen LogP contribution in [0.25, 0.3) is 11.1 Å². The lowest BCUT2D eigenvalue weighted by Crippen LogP contribution is -2.05. The van der Waals surface area contributed by atoms with Gasteiger partial charge in [-0.1, -0.05) is 28.9 Å². The van der Waals surface area contributed by atoms with Crippen molar-refractivity contribution in [1.82, 2.24) is 5.16 Å². The third-order valence-electron chi connectivity index (χ3n) is 2.11. The minimum atomic E-state index is -4.64. The first-order valence-corrected chi connectivity index (χ1v) is 4.85. The Morgan fingerprint density at radius 2 is 1.76 bits per heavy atom. The van der Waals surface area contributed by atoms with Crippen LogP contribution in [0.1, 0.15) is 5.76 Å². The predicted molar refractivity (Wildman–Crippen MR) is 56.4 cm³/mol. The summed E-state index contributed by atoms with van der Waals surface area (Å²) in [4.78, 5) is 0. The first kappa shape index (κ1) is 11.8. The predicted octanol–water partition coefficient (Wildman–Crippen LogP) is 3.60. The van der Waals surface area contributed by atoms with Crippen LogP contribution in [0.5, 0.6) is 0 Å². The topological polar surface area (TPSA) is 52.0 Å². The van der Waals surface area contributed by atoms with Crippen LogP contribution in [0.15, 0.2) is 28.8 Å². The fourth-order valence-electron chi connectivity index (χ4n) is 1.39. The Labute approximate surface area is 99.0 Å². The number of halogens is 4. The van der Waals surface area contributed by atoms with E-state index in [1.807, 2.05) is 0 Å². The summed E-state index contributed by atoms with van der Waals surface area (Å²) in [5.74, 6) is -1.52. The largest absolute Gasteiger partial charge is 0.453 e. The number of alkyl halides is 3. The minimum Gasteiger partial charge on any atom is -0.380 e. The Bertz CT molecular complexity index is 533. The maximum atomic E-state index is 12.6. The van der Waals surface area contributed by atoms with E-state index in [0.29, 0.717) is 5.02 Å². The van der Waals surface area contributed by atoms with Crippen LogP contribution >= 0.6 is 11.6 Å². The van der Waals surface area contributed by atoms with Crippen molar-refractivity contribution in [1.29, 1.82) is 0 Å². The Morgan fingerprint density at radius 3 is 2.29 bits per heavy atom. The Hall–Kier alpha value is -1.69. The molecule has 3 nitrogen and oxygen atoms in total. The molecule has 90 valence electrons. The molecule has 1 heterocycles. The van der Waals surface area contributed by atoms with E-state index in [-0.39, 0.29) is 16.9 Å². The van der Waals surface area contributed by atoms with Crippen molar-refractivity contribution in [2.45, 2.75) is 6.18 Å². The number of nitrogen functional groups attached to an aromatic ring is 1. The normalized spacial score (nSPS) is 11.8. The minimum absolute atomic E-state index is 0.250. The molecular formula is C10H6ClF3N2O. The lowest BCUT2D eigenvalue weighted by molar-refractivity contribution is -0.154. The second-order valence-electron chi connectivity index (χ2n) is 3.28. The second-order valence-corrected chi connectivity index (χ2v) is 3.71. The Morgan fingerprint density at radius 1 is 1.18 bits per heavy atom. The SMILES string of the molecule is Nc1noc(C(F)(F)F)c1-c1ccc(Cl)cc1. The molecule has 0 saturated heterocycles. The summed E-state index contributed by atoms with van der Waals surface area (Å²) in [7, 11) is 0. The molecule has 0 aliphatic carbocycles. The zero-order chi connectivity index (χ0) is 12.6. The van der Waals surface area contributed by atoms with Crippen molar-refractivity contribution >= 4 is 17.4 Å². The molecule has 2 aromatic rings. The number of nitrogens with two attached hydrogens (primary N) is 1. The van der Waals surface area contributed by atoms with Gasteiger partial charge in [0.05, 0.1) is 5.56 Å². The van der Waals surface area contributed by atoms with Gasteiger partial charge in [0, 0.05) is 5.02 Å². The van der Waals surface area contributed by atoms with Crippen LogP contribution in [0.2, 0.25) is 5.02 Å². The van der Waals surface area contributed by atoms with Crippen LogP contribution < -0.4 is 5.73 Å². The molecule has 17 heavy (non-hydrogen) atoms. The highest BCUT2D eigenvalue weighted by atomic mass is 35.5. The number of benzene rings is 1. The monoisotopic (exact) mass is 262 g/mol. The van der Waals surface area contributed by atoms with Crippen molar-refractivity contribution in [3.05, 3.63) is 35.0 Å². The van der Waals surface area contributed by atoms with Crippen LogP contribution in [0.4, 0.5) is 19.0 Å². The lowest BCUT2D eigenvalue weighted by Gasteiger charge is -2.05. The van der Waals surface area contributed by atoms with Crippen molar-refractivity contribution in [3.63, 3.8) is 0 Å². The van der Waals surface area contributed by atoms with E-state index in [1.165, 1.54) is 24.3 Å². The number of aromatic nitrogens is 1. The molecule has 0 aliphatic heterocycles. The highest BCUT2D eigenvalue weighted by Crippen LogP contribution is 2.40. The molecule has 7 heteroatoms. The van der Waals surface area contributed by atoms with Gasteiger partial charge in [0.2, 0.25) is 5.76 Å². The van der Waals surface area contributed by atoms with Gasteiger partial charge in [-0.3, -0.25) is 0 Å². The number of hydrogen-bond donors (Lipinski definition) is 1. The fraction of sp³-hybridized carbons (Fsp3) is 0.100. The molecule has 1 aromatic heterocycles. The smallest absolute Gasteiger partial charge is 0.380 e. The van der Waals surface area contributed by atoms with Crippen LogP contribution in [0.3, 0.4) is 0 Å². The lowest BCUT2D eigenvalue weighted by atomic mass is 10.1. The molecule has 0 radical (unpaired) electrons. The van der Waals surface area contributed by atoms with Crippen LogP contribution in [0, 0.1) is 0 Å². The molecule has 0 aliphatic rings. The molecule has 0 saturated carbocycles. The molecule has 0 fully saturated rings. The zero-order valence-electron chi connectivity index (χ0n) is 8.25. The standard InChI is InChI=1S/C10H6ClF3N2O/c11-6-3-1-5(2-4-6)7-8(10(12,13)14)17-16-9(7)15/h1-4H,(H2,15,16). The summed E-state index contributed by atoms with van der Waals surface area (Å²) < 4.78 is 42.0. The van der Waals surface area contributed by atoms with Crippen molar-refractivity contribution in [3.8, 4) is 11.1 Å². The first-order valence-electron chi connectivity index (χ1n) is 4.48. The van der Waals surface area contributed by atoms with E-state index in [0.717, 1.165) is 0 Å². The summed E-state index contributed by atoms with van der Waals surface area (Å²) in [5.41, 5.74) is 5.35. The second kappa shape index (κ2) is 3.96. The van der Waals surface area contributed by atoms with Gasteiger partial charge in [-0.25, -0.2) is 0 Å². The van der Waals surface area contributed by atoms with E-state index in [4.69, 9.17) is 17.3 Å².